The highest BCUT2D eigenvalue weighted by atomic mass is 16.2. The molecule has 0 saturated carbocycles. The summed E-state index contributed by atoms with van der Waals surface area (Å²) in [5.74, 6) is 1.93. The van der Waals surface area contributed by atoms with Gasteiger partial charge in [-0.25, -0.2) is 4.68 Å². The molecule has 122 valence electrons. The fourth-order valence-electron chi connectivity index (χ4n) is 2.78. The Kier molecular flexibility index (Phi) is 3.97. The van der Waals surface area contributed by atoms with Crippen LogP contribution in [0.3, 0.4) is 0 Å². The summed E-state index contributed by atoms with van der Waals surface area (Å²) < 4.78 is 3.25. The van der Waals surface area contributed by atoms with Crippen LogP contribution in [0.2, 0.25) is 0 Å². The predicted octanol–water partition coefficient (Wildman–Crippen LogP) is 0.240. The molecule has 1 aliphatic heterocycles. The second kappa shape index (κ2) is 5.94. The van der Waals surface area contributed by atoms with E-state index < -0.39 is 0 Å². The maximum atomic E-state index is 12.3. The van der Waals surface area contributed by atoms with Crippen LogP contribution in [0.1, 0.15) is 48.3 Å². The SMILES string of the molecule is CC(C)c1nnc2n1C[C@H](NC(=O)c1ccc(=O)n(C)n1)CC2. The Morgan fingerprint density at radius 3 is 2.83 bits per heavy atom. The molecule has 1 N–H and O–H groups in total. The number of nitrogens with zero attached hydrogens (tertiary/aromatic N) is 5. The maximum Gasteiger partial charge on any atom is 0.272 e. The van der Waals surface area contributed by atoms with Crippen molar-refractivity contribution in [3.63, 3.8) is 0 Å². The number of aromatic nitrogens is 5. The molecule has 0 saturated heterocycles. The number of carbonyl (C=O) groups excluding carboxylic acids is 1. The van der Waals surface area contributed by atoms with E-state index in [9.17, 15) is 9.59 Å². The zero-order valence-corrected chi connectivity index (χ0v) is 13.5. The average molecular weight is 316 g/mol. The van der Waals surface area contributed by atoms with Crippen LogP contribution in [-0.4, -0.2) is 36.5 Å². The van der Waals surface area contributed by atoms with E-state index in [1.54, 1.807) is 0 Å². The van der Waals surface area contributed by atoms with Gasteiger partial charge in [0.05, 0.1) is 0 Å². The van der Waals surface area contributed by atoms with Crippen LogP contribution < -0.4 is 10.9 Å². The Morgan fingerprint density at radius 2 is 2.13 bits per heavy atom. The Balaban J connectivity index is 1.74. The molecule has 3 rings (SSSR count). The summed E-state index contributed by atoms with van der Waals surface area (Å²) in [6.45, 7) is 4.81. The lowest BCUT2D eigenvalue weighted by molar-refractivity contribution is 0.0919. The Labute approximate surface area is 133 Å². The van der Waals surface area contributed by atoms with Crippen LogP contribution in [0.15, 0.2) is 16.9 Å². The normalized spacial score (nSPS) is 17.1. The smallest absolute Gasteiger partial charge is 0.272 e. The zero-order valence-electron chi connectivity index (χ0n) is 13.5. The van der Waals surface area contributed by atoms with E-state index in [0.717, 1.165) is 29.2 Å². The molecule has 1 aliphatic rings. The zero-order chi connectivity index (χ0) is 16.6. The molecule has 0 aliphatic carbocycles. The fraction of sp³-hybridized carbons (Fsp3) is 0.533. The van der Waals surface area contributed by atoms with Gasteiger partial charge < -0.3 is 9.88 Å². The van der Waals surface area contributed by atoms with Gasteiger partial charge in [-0.1, -0.05) is 13.8 Å². The van der Waals surface area contributed by atoms with E-state index in [1.807, 2.05) is 0 Å². The third-order valence-electron chi connectivity index (χ3n) is 4.02. The number of amides is 1. The molecule has 1 atom stereocenters. The summed E-state index contributed by atoms with van der Waals surface area (Å²) in [6.07, 6.45) is 1.60. The van der Waals surface area contributed by atoms with Crippen LogP contribution in [0.5, 0.6) is 0 Å². The van der Waals surface area contributed by atoms with E-state index >= 15 is 0 Å². The quantitative estimate of drug-likeness (QED) is 0.875. The van der Waals surface area contributed by atoms with Crippen LogP contribution in [0.4, 0.5) is 0 Å². The van der Waals surface area contributed by atoms with Gasteiger partial charge >= 0.3 is 0 Å². The lowest BCUT2D eigenvalue weighted by atomic mass is 10.1. The number of carbonyl (C=O) groups is 1. The first kappa shape index (κ1) is 15.4. The van der Waals surface area contributed by atoms with Crippen molar-refractivity contribution in [2.45, 2.75) is 45.2 Å². The van der Waals surface area contributed by atoms with Crippen molar-refractivity contribution in [2.24, 2.45) is 7.05 Å². The van der Waals surface area contributed by atoms with Gasteiger partial charge in [0.25, 0.3) is 11.5 Å². The number of hydrogen-bond acceptors (Lipinski definition) is 5. The van der Waals surface area contributed by atoms with Crippen LogP contribution >= 0.6 is 0 Å². The van der Waals surface area contributed by atoms with Crippen molar-refractivity contribution in [3.05, 3.63) is 39.8 Å². The second-order valence-corrected chi connectivity index (χ2v) is 6.13. The fourth-order valence-corrected chi connectivity index (χ4v) is 2.78. The first-order valence-electron chi connectivity index (χ1n) is 7.73. The van der Waals surface area contributed by atoms with Crippen molar-refractivity contribution >= 4 is 5.91 Å². The van der Waals surface area contributed by atoms with Gasteiger partial charge in [0, 0.05) is 38.0 Å². The van der Waals surface area contributed by atoms with E-state index in [1.165, 1.54) is 19.2 Å². The molecular formula is C15H20N6O2. The van der Waals surface area contributed by atoms with Crippen molar-refractivity contribution in [3.8, 4) is 0 Å². The molecule has 8 heteroatoms. The van der Waals surface area contributed by atoms with E-state index in [0.29, 0.717) is 6.54 Å². The topological polar surface area (TPSA) is 94.7 Å². The lowest BCUT2D eigenvalue weighted by Gasteiger charge is -2.25. The maximum absolute atomic E-state index is 12.3. The van der Waals surface area contributed by atoms with Crippen LogP contribution in [0, 0.1) is 0 Å². The van der Waals surface area contributed by atoms with Gasteiger partial charge in [-0.2, -0.15) is 5.10 Å². The number of rotatable bonds is 3. The highest BCUT2D eigenvalue weighted by molar-refractivity contribution is 5.92. The largest absolute Gasteiger partial charge is 0.346 e. The molecule has 0 fully saturated rings. The van der Waals surface area contributed by atoms with Crippen molar-refractivity contribution in [1.82, 2.24) is 29.9 Å². The summed E-state index contributed by atoms with van der Waals surface area (Å²) >= 11 is 0. The number of hydrogen-bond donors (Lipinski definition) is 1. The van der Waals surface area contributed by atoms with Crippen LogP contribution in [-0.2, 0) is 20.0 Å². The molecule has 0 bridgehead atoms. The molecular weight excluding hydrogens is 296 g/mol. The van der Waals surface area contributed by atoms with Crippen molar-refractivity contribution in [2.75, 3.05) is 0 Å². The van der Waals surface area contributed by atoms with E-state index in [4.69, 9.17) is 0 Å². The molecule has 8 nitrogen and oxygen atoms in total. The van der Waals surface area contributed by atoms with E-state index in [-0.39, 0.29) is 29.1 Å². The minimum absolute atomic E-state index is 0.00235. The molecule has 0 aromatic carbocycles. The van der Waals surface area contributed by atoms with Crippen molar-refractivity contribution in [1.29, 1.82) is 0 Å². The second-order valence-electron chi connectivity index (χ2n) is 6.13. The number of nitrogens with one attached hydrogen (secondary N) is 1. The minimum Gasteiger partial charge on any atom is -0.346 e. The van der Waals surface area contributed by atoms with Gasteiger partial charge in [0.15, 0.2) is 0 Å². The van der Waals surface area contributed by atoms with Gasteiger partial charge in [-0.15, -0.1) is 10.2 Å². The average Bonchev–Trinajstić information content (AvgIpc) is 2.93. The predicted molar refractivity (Wildman–Crippen MR) is 83.2 cm³/mol. The van der Waals surface area contributed by atoms with Crippen molar-refractivity contribution < 1.29 is 4.79 Å². The summed E-state index contributed by atoms with van der Waals surface area (Å²) in [4.78, 5) is 23.7. The number of aryl methyl sites for hydroxylation is 2. The molecule has 0 unspecified atom stereocenters. The summed E-state index contributed by atoms with van der Waals surface area (Å²) in [6, 6.07) is 2.80. The molecule has 2 aromatic rings. The molecule has 0 radical (unpaired) electrons. The Morgan fingerprint density at radius 1 is 1.35 bits per heavy atom. The molecule has 23 heavy (non-hydrogen) atoms. The Hall–Kier alpha value is -2.51. The Bertz CT molecular complexity index is 792. The summed E-state index contributed by atoms with van der Waals surface area (Å²) in [5, 5.41) is 15.4. The molecule has 3 heterocycles. The first-order valence-corrected chi connectivity index (χ1v) is 7.73. The molecule has 2 aromatic heterocycles. The number of fused-ring (bicyclic) bond motifs is 1. The summed E-state index contributed by atoms with van der Waals surface area (Å²) in [5.41, 5.74) is 0.000611. The molecule has 1 amide bonds. The third-order valence-corrected chi connectivity index (χ3v) is 4.02. The van der Waals surface area contributed by atoms with Gasteiger partial charge in [0.2, 0.25) is 0 Å². The van der Waals surface area contributed by atoms with Gasteiger partial charge in [0.1, 0.15) is 17.3 Å². The first-order chi connectivity index (χ1) is 11.0. The van der Waals surface area contributed by atoms with Gasteiger partial charge in [-0.05, 0) is 12.5 Å². The van der Waals surface area contributed by atoms with E-state index in [2.05, 4.69) is 39.0 Å². The van der Waals surface area contributed by atoms with Gasteiger partial charge in [-0.3, -0.25) is 9.59 Å². The summed E-state index contributed by atoms with van der Waals surface area (Å²) in [7, 11) is 1.53. The highest BCUT2D eigenvalue weighted by Crippen LogP contribution is 2.20. The van der Waals surface area contributed by atoms with Crippen LogP contribution in [0.25, 0.3) is 0 Å². The molecule has 0 spiro atoms. The minimum atomic E-state index is -0.270. The highest BCUT2D eigenvalue weighted by Gasteiger charge is 2.25. The third kappa shape index (κ3) is 3.01. The monoisotopic (exact) mass is 316 g/mol. The standard InChI is InChI=1S/C15H20N6O2/c1-9(2)14-18-17-12-6-4-10(8-21(12)14)16-15(23)11-5-7-13(22)20(3)19-11/h5,7,9-10H,4,6,8H2,1-3H3,(H,16,23)/t10-/m1/s1. The lowest BCUT2D eigenvalue weighted by Crippen LogP contribution is -2.42.